The highest BCUT2D eigenvalue weighted by Gasteiger charge is 2.23. The lowest BCUT2D eigenvalue weighted by atomic mass is 10.1. The van der Waals surface area contributed by atoms with Gasteiger partial charge in [-0.3, -0.25) is 0 Å². The van der Waals surface area contributed by atoms with Crippen molar-refractivity contribution in [2.24, 2.45) is 16.8 Å². The highest BCUT2D eigenvalue weighted by Crippen LogP contribution is 2.32. The third-order valence-corrected chi connectivity index (χ3v) is 1.71. The zero-order valence-electron chi connectivity index (χ0n) is 6.31. The zero-order valence-corrected chi connectivity index (χ0v) is 7.13. The van der Waals surface area contributed by atoms with E-state index in [1.807, 2.05) is 0 Å². The molecule has 1 rings (SSSR count). The summed E-state index contributed by atoms with van der Waals surface area (Å²) in [5.74, 6) is 0.823. The SMILES string of the molecule is Cl.[N-]=[N+]=NC[C@@H](N)CC1CC1. The number of azide groups is 1. The molecule has 1 aliphatic carbocycles. The normalized spacial score (nSPS) is 17.9. The summed E-state index contributed by atoms with van der Waals surface area (Å²) < 4.78 is 0. The number of nitrogens with zero attached hydrogens (tertiary/aromatic N) is 3. The van der Waals surface area contributed by atoms with Gasteiger partial charge in [0.05, 0.1) is 0 Å². The summed E-state index contributed by atoms with van der Waals surface area (Å²) in [6, 6.07) is 0.0865. The quantitative estimate of drug-likeness (QED) is 0.396. The second-order valence-electron chi connectivity index (χ2n) is 2.85. The van der Waals surface area contributed by atoms with Gasteiger partial charge in [0.15, 0.2) is 0 Å². The minimum Gasteiger partial charge on any atom is -0.328 e. The maximum Gasteiger partial charge on any atom is 0.0409 e. The van der Waals surface area contributed by atoms with Gasteiger partial charge in [0, 0.05) is 17.5 Å². The Kier molecular flexibility index (Phi) is 5.03. The Morgan fingerprint density at radius 3 is 2.73 bits per heavy atom. The number of rotatable bonds is 4. The molecule has 0 saturated heterocycles. The lowest BCUT2D eigenvalue weighted by Gasteiger charge is -2.04. The van der Waals surface area contributed by atoms with E-state index in [9.17, 15) is 0 Å². The molecule has 1 aliphatic rings. The van der Waals surface area contributed by atoms with Crippen molar-refractivity contribution in [1.82, 2.24) is 0 Å². The van der Waals surface area contributed by atoms with Crippen molar-refractivity contribution in [1.29, 1.82) is 0 Å². The van der Waals surface area contributed by atoms with Crippen LogP contribution in [0.15, 0.2) is 5.11 Å². The molecule has 0 heterocycles. The molecule has 11 heavy (non-hydrogen) atoms. The smallest absolute Gasteiger partial charge is 0.0409 e. The van der Waals surface area contributed by atoms with Crippen LogP contribution < -0.4 is 5.73 Å². The Balaban J connectivity index is 0.000001000. The van der Waals surface area contributed by atoms with Crippen LogP contribution in [0, 0.1) is 5.92 Å². The zero-order chi connectivity index (χ0) is 7.40. The topological polar surface area (TPSA) is 74.8 Å². The summed E-state index contributed by atoms with van der Waals surface area (Å²) >= 11 is 0. The van der Waals surface area contributed by atoms with Gasteiger partial charge in [-0.1, -0.05) is 18.0 Å². The van der Waals surface area contributed by atoms with Gasteiger partial charge in [0.1, 0.15) is 0 Å². The molecule has 0 aromatic carbocycles. The first-order valence-electron chi connectivity index (χ1n) is 3.59. The standard InChI is InChI=1S/C6H12N4.ClH/c7-6(4-9-10-8)3-5-1-2-5;/h5-6H,1-4,7H2;1H/t6-;/m0./s1. The van der Waals surface area contributed by atoms with E-state index < -0.39 is 0 Å². The molecule has 2 N–H and O–H groups in total. The summed E-state index contributed by atoms with van der Waals surface area (Å²) in [6.07, 6.45) is 3.65. The minimum atomic E-state index is 0. The molecular formula is C6H13ClN4. The summed E-state index contributed by atoms with van der Waals surface area (Å²) in [7, 11) is 0. The number of nitrogens with two attached hydrogens (primary N) is 1. The molecule has 0 radical (unpaired) electrons. The van der Waals surface area contributed by atoms with E-state index in [0.717, 1.165) is 12.3 Å². The van der Waals surface area contributed by atoms with Gasteiger partial charge in [-0.05, 0) is 17.9 Å². The first kappa shape index (κ1) is 10.6. The third kappa shape index (κ3) is 4.90. The lowest BCUT2D eigenvalue weighted by Crippen LogP contribution is -2.23. The summed E-state index contributed by atoms with van der Waals surface area (Å²) in [4.78, 5) is 2.65. The average Bonchev–Trinajstić information content (AvgIpc) is 2.67. The molecule has 1 saturated carbocycles. The van der Waals surface area contributed by atoms with E-state index >= 15 is 0 Å². The fraction of sp³-hybridized carbons (Fsp3) is 1.00. The van der Waals surface area contributed by atoms with E-state index in [2.05, 4.69) is 10.0 Å². The summed E-state index contributed by atoms with van der Waals surface area (Å²) in [5, 5.41) is 3.41. The summed E-state index contributed by atoms with van der Waals surface area (Å²) in [5.41, 5.74) is 13.6. The van der Waals surface area contributed by atoms with Crippen LogP contribution in [0.25, 0.3) is 10.4 Å². The van der Waals surface area contributed by atoms with Crippen LogP contribution in [0.1, 0.15) is 19.3 Å². The highest BCUT2D eigenvalue weighted by atomic mass is 35.5. The first-order chi connectivity index (χ1) is 4.83. The third-order valence-electron chi connectivity index (χ3n) is 1.71. The van der Waals surface area contributed by atoms with E-state index in [0.29, 0.717) is 6.54 Å². The molecule has 0 spiro atoms. The second kappa shape index (κ2) is 5.24. The van der Waals surface area contributed by atoms with Crippen molar-refractivity contribution in [2.75, 3.05) is 6.54 Å². The Morgan fingerprint density at radius 1 is 1.64 bits per heavy atom. The molecule has 64 valence electrons. The van der Waals surface area contributed by atoms with E-state index in [1.54, 1.807) is 0 Å². The van der Waals surface area contributed by atoms with E-state index in [4.69, 9.17) is 11.3 Å². The molecule has 1 atom stereocenters. The van der Waals surface area contributed by atoms with Crippen molar-refractivity contribution in [3.8, 4) is 0 Å². The van der Waals surface area contributed by atoms with Crippen LogP contribution in [-0.2, 0) is 0 Å². The molecule has 0 aromatic rings. The Labute approximate surface area is 72.2 Å². The minimum absolute atomic E-state index is 0. The van der Waals surface area contributed by atoms with Gasteiger partial charge in [0.2, 0.25) is 0 Å². The van der Waals surface area contributed by atoms with Crippen LogP contribution in [0.2, 0.25) is 0 Å². The lowest BCUT2D eigenvalue weighted by molar-refractivity contribution is 0.576. The van der Waals surface area contributed by atoms with Gasteiger partial charge in [0.25, 0.3) is 0 Å². The second-order valence-corrected chi connectivity index (χ2v) is 2.85. The van der Waals surface area contributed by atoms with Crippen molar-refractivity contribution < 1.29 is 0 Å². The van der Waals surface area contributed by atoms with Crippen LogP contribution >= 0.6 is 12.4 Å². The van der Waals surface area contributed by atoms with Gasteiger partial charge < -0.3 is 5.73 Å². The van der Waals surface area contributed by atoms with Crippen molar-refractivity contribution in [2.45, 2.75) is 25.3 Å². The number of hydrogen-bond acceptors (Lipinski definition) is 2. The van der Waals surface area contributed by atoms with E-state index in [-0.39, 0.29) is 18.4 Å². The van der Waals surface area contributed by atoms with Crippen LogP contribution in [-0.4, -0.2) is 12.6 Å². The monoisotopic (exact) mass is 176 g/mol. The first-order valence-corrected chi connectivity index (χ1v) is 3.59. The van der Waals surface area contributed by atoms with E-state index in [1.165, 1.54) is 12.8 Å². The predicted molar refractivity (Wildman–Crippen MR) is 46.6 cm³/mol. The maximum atomic E-state index is 7.97. The molecule has 0 unspecified atom stereocenters. The van der Waals surface area contributed by atoms with Gasteiger partial charge in [-0.15, -0.1) is 12.4 Å². The van der Waals surface area contributed by atoms with Crippen LogP contribution in [0.4, 0.5) is 0 Å². The predicted octanol–water partition coefficient (Wildman–Crippen LogP) is 1.85. The average molecular weight is 177 g/mol. The Morgan fingerprint density at radius 2 is 2.27 bits per heavy atom. The van der Waals surface area contributed by atoms with Gasteiger partial charge >= 0.3 is 0 Å². The maximum absolute atomic E-state index is 7.97. The highest BCUT2D eigenvalue weighted by molar-refractivity contribution is 5.85. The molecular weight excluding hydrogens is 164 g/mol. The van der Waals surface area contributed by atoms with Gasteiger partial charge in [-0.25, -0.2) is 0 Å². The Hall–Kier alpha value is -0.440. The number of halogens is 1. The molecule has 0 aromatic heterocycles. The van der Waals surface area contributed by atoms with Crippen LogP contribution in [0.3, 0.4) is 0 Å². The molecule has 0 aliphatic heterocycles. The molecule has 0 amide bonds. The summed E-state index contributed by atoms with van der Waals surface area (Å²) in [6.45, 7) is 0.451. The fourth-order valence-corrected chi connectivity index (χ4v) is 0.998. The molecule has 4 nitrogen and oxygen atoms in total. The molecule has 5 heteroatoms. The fourth-order valence-electron chi connectivity index (χ4n) is 0.998. The van der Waals surface area contributed by atoms with Crippen molar-refractivity contribution in [3.05, 3.63) is 10.4 Å². The molecule has 1 fully saturated rings. The largest absolute Gasteiger partial charge is 0.328 e. The molecule has 0 bridgehead atoms. The Bertz CT molecular complexity index is 151. The van der Waals surface area contributed by atoms with Crippen LogP contribution in [0.5, 0.6) is 0 Å². The number of hydrogen-bond donors (Lipinski definition) is 1. The van der Waals surface area contributed by atoms with Crippen molar-refractivity contribution >= 4 is 12.4 Å². The van der Waals surface area contributed by atoms with Crippen molar-refractivity contribution in [3.63, 3.8) is 0 Å². The van der Waals surface area contributed by atoms with Gasteiger partial charge in [-0.2, -0.15) is 0 Å².